The van der Waals surface area contributed by atoms with Gasteiger partial charge in [-0.3, -0.25) is 28.8 Å². The molecule has 0 radical (unpaired) electrons. The Morgan fingerprint density at radius 3 is 1.58 bits per heavy atom. The summed E-state index contributed by atoms with van der Waals surface area (Å²) in [6.07, 6.45) is 12.0. The van der Waals surface area contributed by atoms with Crippen molar-refractivity contribution in [3.8, 4) is 0 Å². The van der Waals surface area contributed by atoms with Crippen LogP contribution >= 0.6 is 15.9 Å². The summed E-state index contributed by atoms with van der Waals surface area (Å²) in [6, 6.07) is -1.15. The summed E-state index contributed by atoms with van der Waals surface area (Å²) in [5.74, 6) is -3.42. The second-order valence-electron chi connectivity index (χ2n) is 13.4. The number of rotatable bonds is 40. The molecule has 19 heteroatoms. The van der Waals surface area contributed by atoms with Gasteiger partial charge in [0.1, 0.15) is 18.8 Å². The number of aliphatic carboxylic acids is 2. The molecule has 330 valence electrons. The van der Waals surface area contributed by atoms with Gasteiger partial charge in [0.25, 0.3) is 0 Å². The number of unbranched alkanes of at least 4 members (excludes halogenated alkanes) is 11. The minimum Gasteiger partial charge on any atom is -0.481 e. The largest absolute Gasteiger partial charge is 0.481 e. The molecule has 0 fully saturated rings. The van der Waals surface area contributed by atoms with Gasteiger partial charge in [0, 0.05) is 45.4 Å². The standard InChI is InChI=1S/C38H68BrN5O13/c1-30(37(51)43-19-18-40-34(47)28-39)57-27-26-55-23-21-42-35(48)29-56-25-24-54-22-20-41-32(45)17-16-31(38(52)53)44-33(46)14-12-10-8-6-4-2-3-5-7-9-11-13-15-36(49)50/h30-31H,2-29H2,1H3,(H,40,47)(H,41,45)(H,42,48)(H,43,51)(H,44,46)(H,49,50)(H,52,53)/t30-,31-/m0/s1. The third-order valence-corrected chi connectivity index (χ3v) is 8.92. The Morgan fingerprint density at radius 1 is 0.526 bits per heavy atom. The SMILES string of the molecule is C[C@H](OCCOCCNC(=O)COCCOCCNC(=O)CC[C@H](NC(=O)CCCCCCCCCCCCCCC(=O)O)C(=O)O)C(=O)NCCNC(=O)CBr. The van der Waals surface area contributed by atoms with E-state index in [1.165, 1.54) is 19.3 Å². The maximum Gasteiger partial charge on any atom is 0.326 e. The summed E-state index contributed by atoms with van der Waals surface area (Å²) in [5, 5.41) is 31.4. The molecule has 0 heterocycles. The molecule has 0 rings (SSSR count). The highest BCUT2D eigenvalue weighted by Crippen LogP contribution is 2.13. The van der Waals surface area contributed by atoms with Gasteiger partial charge in [-0.05, 0) is 26.2 Å². The van der Waals surface area contributed by atoms with E-state index in [9.17, 15) is 38.7 Å². The molecule has 18 nitrogen and oxygen atoms in total. The van der Waals surface area contributed by atoms with E-state index in [0.717, 1.165) is 51.4 Å². The minimum absolute atomic E-state index is 0.0329. The average molecular weight is 883 g/mol. The monoisotopic (exact) mass is 881 g/mol. The van der Waals surface area contributed by atoms with Crippen LogP contribution in [0.25, 0.3) is 0 Å². The van der Waals surface area contributed by atoms with E-state index in [1.54, 1.807) is 6.92 Å². The van der Waals surface area contributed by atoms with Crippen LogP contribution in [-0.4, -0.2) is 142 Å². The van der Waals surface area contributed by atoms with E-state index in [0.29, 0.717) is 13.0 Å². The third kappa shape index (κ3) is 36.7. The molecule has 0 saturated carbocycles. The fraction of sp³-hybridized carbons (Fsp3) is 0.816. The Labute approximate surface area is 345 Å². The average Bonchev–Trinajstić information content (AvgIpc) is 3.18. The van der Waals surface area contributed by atoms with Crippen LogP contribution in [0.5, 0.6) is 0 Å². The maximum atomic E-state index is 12.3. The normalized spacial score (nSPS) is 12.0. The molecule has 0 aliphatic carbocycles. The zero-order valence-electron chi connectivity index (χ0n) is 33.7. The molecule has 0 aliphatic heterocycles. The Hall–Kier alpha value is -3.39. The fourth-order valence-electron chi connectivity index (χ4n) is 5.22. The van der Waals surface area contributed by atoms with E-state index in [1.807, 2.05) is 0 Å². The first-order valence-electron chi connectivity index (χ1n) is 20.2. The number of carbonyl (C=O) groups excluding carboxylic acids is 5. The number of nitrogens with one attached hydrogen (secondary N) is 5. The van der Waals surface area contributed by atoms with Gasteiger partial charge in [-0.2, -0.15) is 0 Å². The number of alkyl halides is 1. The number of amides is 5. The second-order valence-corrected chi connectivity index (χ2v) is 14.0. The van der Waals surface area contributed by atoms with Crippen molar-refractivity contribution in [2.45, 2.75) is 122 Å². The van der Waals surface area contributed by atoms with Crippen molar-refractivity contribution in [2.75, 3.05) is 77.8 Å². The van der Waals surface area contributed by atoms with Crippen molar-refractivity contribution in [3.05, 3.63) is 0 Å². The second kappa shape index (κ2) is 38.1. The number of carboxylic acid groups (broad SMARTS) is 2. The zero-order valence-corrected chi connectivity index (χ0v) is 35.3. The summed E-state index contributed by atoms with van der Waals surface area (Å²) >= 11 is 3.03. The molecule has 5 amide bonds. The van der Waals surface area contributed by atoms with Crippen molar-refractivity contribution in [1.29, 1.82) is 0 Å². The molecule has 0 saturated heterocycles. The van der Waals surface area contributed by atoms with Crippen LogP contribution in [0.15, 0.2) is 0 Å². The topological polar surface area (TPSA) is 257 Å². The van der Waals surface area contributed by atoms with Crippen molar-refractivity contribution in [3.63, 3.8) is 0 Å². The fourth-order valence-corrected chi connectivity index (χ4v) is 5.42. The van der Waals surface area contributed by atoms with E-state index >= 15 is 0 Å². The molecule has 0 aromatic heterocycles. The van der Waals surface area contributed by atoms with Crippen LogP contribution in [-0.2, 0) is 52.5 Å². The van der Waals surface area contributed by atoms with E-state index in [2.05, 4.69) is 42.5 Å². The number of hydrogen-bond acceptors (Lipinski definition) is 11. The summed E-state index contributed by atoms with van der Waals surface area (Å²) in [6.45, 7) is 3.73. The van der Waals surface area contributed by atoms with E-state index in [-0.39, 0.29) is 126 Å². The van der Waals surface area contributed by atoms with Gasteiger partial charge in [0.15, 0.2) is 0 Å². The van der Waals surface area contributed by atoms with Gasteiger partial charge in [-0.15, -0.1) is 0 Å². The molecule has 57 heavy (non-hydrogen) atoms. The van der Waals surface area contributed by atoms with Crippen LogP contribution in [0, 0.1) is 0 Å². The Bertz CT molecular complexity index is 1130. The Morgan fingerprint density at radius 2 is 1.02 bits per heavy atom. The summed E-state index contributed by atoms with van der Waals surface area (Å²) in [4.78, 5) is 81.5. The van der Waals surface area contributed by atoms with Crippen molar-refractivity contribution in [1.82, 2.24) is 26.6 Å². The van der Waals surface area contributed by atoms with E-state index in [4.69, 9.17) is 24.1 Å². The number of carboxylic acids is 2. The summed E-state index contributed by atoms with van der Waals surface area (Å²) in [5.41, 5.74) is 0. The molecule has 7 N–H and O–H groups in total. The molecule has 2 atom stereocenters. The maximum absolute atomic E-state index is 12.3. The minimum atomic E-state index is -1.19. The lowest BCUT2D eigenvalue weighted by molar-refractivity contribution is -0.142. The van der Waals surface area contributed by atoms with Gasteiger partial charge in [0.05, 0.1) is 45.0 Å². The van der Waals surface area contributed by atoms with Crippen molar-refractivity contribution in [2.24, 2.45) is 0 Å². The highest BCUT2D eigenvalue weighted by atomic mass is 79.9. The van der Waals surface area contributed by atoms with E-state index < -0.39 is 24.1 Å². The summed E-state index contributed by atoms with van der Waals surface area (Å²) in [7, 11) is 0. The first-order chi connectivity index (χ1) is 27.5. The molecule has 0 bridgehead atoms. The molecule has 0 unspecified atom stereocenters. The highest BCUT2D eigenvalue weighted by molar-refractivity contribution is 9.09. The molecule has 0 aromatic rings. The molecule has 0 spiro atoms. The van der Waals surface area contributed by atoms with Crippen molar-refractivity contribution >= 4 is 57.4 Å². The highest BCUT2D eigenvalue weighted by Gasteiger charge is 2.21. The van der Waals surface area contributed by atoms with Gasteiger partial charge < -0.3 is 55.7 Å². The lowest BCUT2D eigenvalue weighted by Gasteiger charge is -2.14. The van der Waals surface area contributed by atoms with Crippen LogP contribution < -0.4 is 26.6 Å². The number of hydrogen-bond donors (Lipinski definition) is 7. The molecular weight excluding hydrogens is 814 g/mol. The van der Waals surface area contributed by atoms with Crippen LogP contribution in [0.3, 0.4) is 0 Å². The summed E-state index contributed by atoms with van der Waals surface area (Å²) < 4.78 is 21.4. The molecular formula is C38H68BrN5O13. The number of halogens is 1. The lowest BCUT2D eigenvalue weighted by Crippen LogP contribution is -2.41. The smallest absolute Gasteiger partial charge is 0.326 e. The Balaban J connectivity index is 3.71. The number of ether oxygens (including phenoxy) is 4. The van der Waals surface area contributed by atoms with Crippen LogP contribution in [0.2, 0.25) is 0 Å². The predicted octanol–water partition coefficient (Wildman–Crippen LogP) is 2.20. The molecule has 0 aromatic carbocycles. The van der Waals surface area contributed by atoms with Crippen LogP contribution in [0.1, 0.15) is 110 Å². The quantitative estimate of drug-likeness (QED) is 0.0345. The van der Waals surface area contributed by atoms with Gasteiger partial charge in [-0.25, -0.2) is 4.79 Å². The zero-order chi connectivity index (χ0) is 42.4. The van der Waals surface area contributed by atoms with Gasteiger partial charge in [-0.1, -0.05) is 80.1 Å². The number of carbonyl (C=O) groups is 7. The van der Waals surface area contributed by atoms with Gasteiger partial charge >= 0.3 is 11.9 Å². The first kappa shape index (κ1) is 53.6. The molecule has 0 aliphatic rings. The van der Waals surface area contributed by atoms with Gasteiger partial charge in [0.2, 0.25) is 29.5 Å². The lowest BCUT2D eigenvalue weighted by atomic mass is 10.0. The third-order valence-electron chi connectivity index (χ3n) is 8.41. The van der Waals surface area contributed by atoms with Crippen LogP contribution in [0.4, 0.5) is 0 Å². The van der Waals surface area contributed by atoms with Crippen molar-refractivity contribution < 1.29 is 62.7 Å². The first-order valence-corrected chi connectivity index (χ1v) is 21.3. The Kier molecular flexibility index (Phi) is 35.9. The predicted molar refractivity (Wildman–Crippen MR) is 215 cm³/mol.